The molecule has 1 N–H and O–H groups in total. The molecule has 1 aliphatic carbocycles. The molecule has 1 aromatic carbocycles. The van der Waals surface area contributed by atoms with Crippen LogP contribution in [0.1, 0.15) is 42.5 Å². The second kappa shape index (κ2) is 6.22. The molecular weight excluding hydrogens is 318 g/mol. The number of aryl methyl sites for hydroxylation is 1. The lowest BCUT2D eigenvalue weighted by molar-refractivity contribution is -0.00535. The molecule has 1 aliphatic heterocycles. The van der Waals surface area contributed by atoms with Crippen LogP contribution in [-0.2, 0) is 7.05 Å². The second-order valence-electron chi connectivity index (χ2n) is 7.28. The number of hydrogen-bond acceptors (Lipinski definition) is 5. The number of aromatic nitrogens is 4. The van der Waals surface area contributed by atoms with Crippen LogP contribution in [-0.4, -0.2) is 55.3 Å². The third kappa shape index (κ3) is 2.93. The number of tetrazole rings is 1. The minimum atomic E-state index is -0.270. The van der Waals surface area contributed by atoms with Crippen molar-refractivity contribution in [1.82, 2.24) is 25.1 Å². The fraction of sp³-hybridized carbons (Fsp3) is 0.556. The molecule has 2 aliphatic rings. The number of carbonyl (C=O) groups is 1. The first-order chi connectivity index (χ1) is 12.1. The third-order valence-corrected chi connectivity index (χ3v) is 5.65. The monoisotopic (exact) mass is 341 g/mol. The summed E-state index contributed by atoms with van der Waals surface area (Å²) in [6.07, 6.45) is 4.66. The van der Waals surface area contributed by atoms with Gasteiger partial charge in [-0.2, -0.15) is 4.80 Å². The van der Waals surface area contributed by atoms with Crippen molar-refractivity contribution in [2.75, 3.05) is 13.1 Å². The fourth-order valence-corrected chi connectivity index (χ4v) is 4.27. The van der Waals surface area contributed by atoms with Gasteiger partial charge in [0.1, 0.15) is 0 Å². The van der Waals surface area contributed by atoms with E-state index in [0.29, 0.717) is 17.9 Å². The molecule has 0 unspecified atom stereocenters. The SMILES string of the molecule is Cn1nnc(-c2ccc(C(=O)N3CCC[C@@]4(CCC[C@H]4O)C3)cc2)n1. The molecule has 1 saturated heterocycles. The summed E-state index contributed by atoms with van der Waals surface area (Å²) in [5.41, 5.74) is 1.42. The number of aliphatic hydroxyl groups is 1. The van der Waals surface area contributed by atoms with Crippen LogP contribution >= 0.6 is 0 Å². The summed E-state index contributed by atoms with van der Waals surface area (Å²) < 4.78 is 0. The molecular formula is C18H23N5O2. The molecule has 0 radical (unpaired) electrons. The molecule has 1 amide bonds. The summed E-state index contributed by atoms with van der Waals surface area (Å²) in [5.74, 6) is 0.587. The van der Waals surface area contributed by atoms with E-state index in [9.17, 15) is 9.90 Å². The van der Waals surface area contributed by atoms with Crippen molar-refractivity contribution < 1.29 is 9.90 Å². The Balaban J connectivity index is 1.50. The number of hydrogen-bond donors (Lipinski definition) is 1. The molecule has 1 spiro atoms. The second-order valence-corrected chi connectivity index (χ2v) is 7.28. The number of rotatable bonds is 2. The van der Waals surface area contributed by atoms with Crippen molar-refractivity contribution in [3.63, 3.8) is 0 Å². The lowest BCUT2D eigenvalue weighted by Gasteiger charge is -2.42. The standard InChI is InChI=1S/C18H23N5O2/c1-22-20-16(19-21-22)13-5-7-14(8-6-13)17(25)23-11-3-10-18(12-23)9-2-4-15(18)24/h5-8,15,24H,2-4,9-12H2,1H3/t15-,18+/m1/s1. The van der Waals surface area contributed by atoms with Crippen molar-refractivity contribution in [3.8, 4) is 11.4 Å². The van der Waals surface area contributed by atoms with Crippen LogP contribution in [0.3, 0.4) is 0 Å². The smallest absolute Gasteiger partial charge is 0.253 e. The third-order valence-electron chi connectivity index (χ3n) is 5.65. The van der Waals surface area contributed by atoms with E-state index < -0.39 is 0 Å². The lowest BCUT2D eigenvalue weighted by Crippen LogP contribution is -2.49. The van der Waals surface area contributed by atoms with E-state index in [2.05, 4.69) is 15.4 Å². The summed E-state index contributed by atoms with van der Waals surface area (Å²) >= 11 is 0. The van der Waals surface area contributed by atoms with E-state index in [1.807, 2.05) is 29.2 Å². The highest BCUT2D eigenvalue weighted by atomic mass is 16.3. The van der Waals surface area contributed by atoms with Gasteiger partial charge in [-0.05, 0) is 43.0 Å². The predicted octanol–water partition coefficient (Wildman–Crippen LogP) is 1.64. The zero-order chi connectivity index (χ0) is 17.4. The molecule has 0 bridgehead atoms. The number of piperidine rings is 1. The quantitative estimate of drug-likeness (QED) is 0.898. The first-order valence-corrected chi connectivity index (χ1v) is 8.89. The van der Waals surface area contributed by atoms with Crippen LogP contribution in [0.4, 0.5) is 0 Å². The highest BCUT2D eigenvalue weighted by Crippen LogP contribution is 2.45. The van der Waals surface area contributed by atoms with E-state index >= 15 is 0 Å². The first-order valence-electron chi connectivity index (χ1n) is 8.89. The van der Waals surface area contributed by atoms with Crippen LogP contribution in [0.15, 0.2) is 24.3 Å². The Kier molecular flexibility index (Phi) is 4.03. The van der Waals surface area contributed by atoms with Gasteiger partial charge in [0.15, 0.2) is 0 Å². The van der Waals surface area contributed by atoms with Crippen LogP contribution in [0.2, 0.25) is 0 Å². The number of likely N-dealkylation sites (tertiary alicyclic amines) is 1. The number of benzene rings is 1. The molecule has 2 heterocycles. The molecule has 2 aromatic rings. The molecule has 2 atom stereocenters. The van der Waals surface area contributed by atoms with Crippen LogP contribution in [0, 0.1) is 5.41 Å². The maximum atomic E-state index is 12.9. The van der Waals surface area contributed by atoms with Gasteiger partial charge in [-0.15, -0.1) is 10.2 Å². The molecule has 1 saturated carbocycles. The Bertz CT molecular complexity index is 772. The summed E-state index contributed by atoms with van der Waals surface area (Å²) in [6, 6.07) is 7.35. The lowest BCUT2D eigenvalue weighted by atomic mass is 9.76. The minimum Gasteiger partial charge on any atom is -0.392 e. The largest absolute Gasteiger partial charge is 0.392 e. The Morgan fingerprint density at radius 1 is 1.24 bits per heavy atom. The topological polar surface area (TPSA) is 84.1 Å². The average molecular weight is 341 g/mol. The molecule has 132 valence electrons. The summed E-state index contributed by atoms with van der Waals surface area (Å²) in [6.45, 7) is 1.43. The molecule has 4 rings (SSSR count). The van der Waals surface area contributed by atoms with Crippen LogP contribution in [0.25, 0.3) is 11.4 Å². The summed E-state index contributed by atoms with van der Waals surface area (Å²) in [4.78, 5) is 16.2. The zero-order valence-corrected chi connectivity index (χ0v) is 14.4. The van der Waals surface area contributed by atoms with Gasteiger partial charge in [-0.3, -0.25) is 4.79 Å². The van der Waals surface area contributed by atoms with E-state index in [1.54, 1.807) is 7.05 Å². The fourth-order valence-electron chi connectivity index (χ4n) is 4.27. The van der Waals surface area contributed by atoms with Crippen LogP contribution in [0.5, 0.6) is 0 Å². The molecule has 25 heavy (non-hydrogen) atoms. The van der Waals surface area contributed by atoms with Crippen molar-refractivity contribution in [2.45, 2.75) is 38.2 Å². The Morgan fingerprint density at radius 2 is 2.00 bits per heavy atom. The van der Waals surface area contributed by atoms with Gasteiger partial charge in [-0.1, -0.05) is 18.6 Å². The van der Waals surface area contributed by atoms with Crippen molar-refractivity contribution in [3.05, 3.63) is 29.8 Å². The average Bonchev–Trinajstić information content (AvgIpc) is 3.21. The molecule has 7 nitrogen and oxygen atoms in total. The van der Waals surface area contributed by atoms with Gasteiger partial charge >= 0.3 is 0 Å². The zero-order valence-electron chi connectivity index (χ0n) is 14.4. The molecule has 1 aromatic heterocycles. The Labute approximate surface area is 146 Å². The molecule has 2 fully saturated rings. The van der Waals surface area contributed by atoms with Crippen molar-refractivity contribution >= 4 is 5.91 Å². The minimum absolute atomic E-state index is 0.0387. The first kappa shape index (κ1) is 16.2. The van der Waals surface area contributed by atoms with Gasteiger partial charge in [0.05, 0.1) is 13.2 Å². The van der Waals surface area contributed by atoms with Crippen LogP contribution < -0.4 is 0 Å². The van der Waals surface area contributed by atoms with Crippen molar-refractivity contribution in [2.24, 2.45) is 12.5 Å². The molecule has 7 heteroatoms. The highest BCUT2D eigenvalue weighted by molar-refractivity contribution is 5.94. The summed E-state index contributed by atoms with van der Waals surface area (Å²) in [5, 5.41) is 22.4. The number of carbonyl (C=O) groups excluding carboxylic acids is 1. The van der Waals surface area contributed by atoms with Gasteiger partial charge in [0.25, 0.3) is 5.91 Å². The Hall–Kier alpha value is -2.28. The maximum absolute atomic E-state index is 12.9. The highest BCUT2D eigenvalue weighted by Gasteiger charge is 2.45. The predicted molar refractivity (Wildman–Crippen MR) is 91.7 cm³/mol. The van der Waals surface area contributed by atoms with Gasteiger partial charge in [-0.25, -0.2) is 0 Å². The summed E-state index contributed by atoms with van der Waals surface area (Å²) in [7, 11) is 1.72. The van der Waals surface area contributed by atoms with E-state index in [-0.39, 0.29) is 17.4 Å². The van der Waals surface area contributed by atoms with Gasteiger partial charge in [0.2, 0.25) is 5.82 Å². The number of amides is 1. The maximum Gasteiger partial charge on any atom is 0.253 e. The Morgan fingerprint density at radius 3 is 2.64 bits per heavy atom. The van der Waals surface area contributed by atoms with E-state index in [1.165, 1.54) is 4.80 Å². The van der Waals surface area contributed by atoms with Crippen molar-refractivity contribution in [1.29, 1.82) is 0 Å². The number of nitrogens with zero attached hydrogens (tertiary/aromatic N) is 5. The number of aliphatic hydroxyl groups excluding tert-OH is 1. The van der Waals surface area contributed by atoms with E-state index in [0.717, 1.165) is 44.2 Å². The van der Waals surface area contributed by atoms with Gasteiger partial charge < -0.3 is 10.0 Å². The normalized spacial score (nSPS) is 26.3. The van der Waals surface area contributed by atoms with E-state index in [4.69, 9.17) is 0 Å². The van der Waals surface area contributed by atoms with Gasteiger partial charge in [0, 0.05) is 29.6 Å².